The van der Waals surface area contributed by atoms with Crippen molar-refractivity contribution in [3.8, 4) is 5.69 Å². The number of aromatic amines is 1. The minimum atomic E-state index is -4.43. The van der Waals surface area contributed by atoms with Crippen LogP contribution in [0.1, 0.15) is 11.1 Å². The number of rotatable bonds is 1. The molecule has 1 heterocycles. The SMILES string of the molecule is Cc1cn(-c2ccc(C(F)(F)F)cc2)c(=O)[nH]c1=O. The molecule has 7 heteroatoms. The lowest BCUT2D eigenvalue weighted by Crippen LogP contribution is -2.29. The van der Waals surface area contributed by atoms with Crippen LogP contribution in [-0.4, -0.2) is 9.55 Å². The van der Waals surface area contributed by atoms with Crippen LogP contribution in [-0.2, 0) is 6.18 Å². The topological polar surface area (TPSA) is 54.9 Å². The van der Waals surface area contributed by atoms with E-state index in [-0.39, 0.29) is 5.69 Å². The highest BCUT2D eigenvalue weighted by Crippen LogP contribution is 2.29. The fourth-order valence-electron chi connectivity index (χ4n) is 1.57. The lowest BCUT2D eigenvalue weighted by atomic mass is 10.2. The first-order chi connectivity index (χ1) is 8.79. The summed E-state index contributed by atoms with van der Waals surface area (Å²) in [6.07, 6.45) is -3.14. The van der Waals surface area contributed by atoms with E-state index in [9.17, 15) is 22.8 Å². The van der Waals surface area contributed by atoms with Crippen LogP contribution in [0.4, 0.5) is 13.2 Å². The minimum Gasteiger partial charge on any atom is -0.273 e. The number of benzene rings is 1. The highest BCUT2D eigenvalue weighted by atomic mass is 19.4. The van der Waals surface area contributed by atoms with Crippen molar-refractivity contribution >= 4 is 0 Å². The van der Waals surface area contributed by atoms with Gasteiger partial charge in [0.15, 0.2) is 0 Å². The van der Waals surface area contributed by atoms with Gasteiger partial charge in [-0.2, -0.15) is 13.2 Å². The molecule has 0 aliphatic carbocycles. The molecule has 1 N–H and O–H groups in total. The van der Waals surface area contributed by atoms with Crippen LogP contribution in [0.25, 0.3) is 5.69 Å². The highest BCUT2D eigenvalue weighted by Gasteiger charge is 2.30. The molecule has 1 aromatic heterocycles. The molecule has 1 aromatic carbocycles. The molecule has 2 rings (SSSR count). The fourth-order valence-corrected chi connectivity index (χ4v) is 1.57. The normalized spacial score (nSPS) is 11.6. The third-order valence-electron chi connectivity index (χ3n) is 2.59. The molecule has 4 nitrogen and oxygen atoms in total. The van der Waals surface area contributed by atoms with Gasteiger partial charge >= 0.3 is 11.9 Å². The standard InChI is InChI=1S/C12H9F3N2O2/c1-7-6-17(11(19)16-10(7)18)9-4-2-8(3-5-9)12(13,14)15/h2-6H,1H3,(H,16,18,19). The van der Waals surface area contributed by atoms with Crippen LogP contribution >= 0.6 is 0 Å². The first-order valence-electron chi connectivity index (χ1n) is 5.29. The summed E-state index contributed by atoms with van der Waals surface area (Å²) >= 11 is 0. The van der Waals surface area contributed by atoms with Gasteiger partial charge in [-0.3, -0.25) is 14.3 Å². The van der Waals surface area contributed by atoms with E-state index in [1.807, 2.05) is 0 Å². The van der Waals surface area contributed by atoms with Crippen molar-refractivity contribution in [1.29, 1.82) is 0 Å². The Labute approximate surface area is 105 Å². The van der Waals surface area contributed by atoms with Gasteiger partial charge in [0.05, 0.1) is 11.3 Å². The van der Waals surface area contributed by atoms with Crippen molar-refractivity contribution in [2.75, 3.05) is 0 Å². The van der Waals surface area contributed by atoms with Gasteiger partial charge in [-0.15, -0.1) is 0 Å². The largest absolute Gasteiger partial charge is 0.416 e. The number of aromatic nitrogens is 2. The molecule has 0 amide bonds. The zero-order chi connectivity index (χ0) is 14.2. The lowest BCUT2D eigenvalue weighted by Gasteiger charge is -2.09. The summed E-state index contributed by atoms with van der Waals surface area (Å²) < 4.78 is 38.3. The Morgan fingerprint density at radius 3 is 2.21 bits per heavy atom. The first-order valence-corrected chi connectivity index (χ1v) is 5.29. The lowest BCUT2D eigenvalue weighted by molar-refractivity contribution is -0.137. The van der Waals surface area contributed by atoms with Crippen molar-refractivity contribution in [1.82, 2.24) is 9.55 Å². The summed E-state index contributed by atoms with van der Waals surface area (Å²) in [5.74, 6) is 0. The van der Waals surface area contributed by atoms with Gasteiger partial charge in [-0.25, -0.2) is 4.79 Å². The number of H-pyrrole nitrogens is 1. The molecule has 0 spiro atoms. The maximum atomic E-state index is 12.4. The Morgan fingerprint density at radius 1 is 1.11 bits per heavy atom. The Balaban J connectivity index is 2.52. The zero-order valence-electron chi connectivity index (χ0n) is 9.78. The smallest absolute Gasteiger partial charge is 0.273 e. The van der Waals surface area contributed by atoms with E-state index in [1.165, 1.54) is 25.3 Å². The molecule has 19 heavy (non-hydrogen) atoms. The predicted octanol–water partition coefficient (Wildman–Crippen LogP) is 1.85. The molecule has 0 aliphatic rings. The average molecular weight is 270 g/mol. The van der Waals surface area contributed by atoms with Crippen LogP contribution in [0.15, 0.2) is 40.1 Å². The maximum absolute atomic E-state index is 12.4. The Morgan fingerprint density at radius 2 is 1.68 bits per heavy atom. The molecule has 0 saturated heterocycles. The number of hydrogen-bond donors (Lipinski definition) is 1. The third-order valence-corrected chi connectivity index (χ3v) is 2.59. The third kappa shape index (κ3) is 2.59. The summed E-state index contributed by atoms with van der Waals surface area (Å²) in [4.78, 5) is 24.8. The van der Waals surface area contributed by atoms with E-state index in [0.29, 0.717) is 5.56 Å². The van der Waals surface area contributed by atoms with Crippen LogP contribution in [0, 0.1) is 6.92 Å². The maximum Gasteiger partial charge on any atom is 0.416 e. The van der Waals surface area contributed by atoms with E-state index in [0.717, 1.165) is 16.7 Å². The molecule has 0 radical (unpaired) electrons. The van der Waals surface area contributed by atoms with Gasteiger partial charge in [0, 0.05) is 11.8 Å². The number of hydrogen-bond acceptors (Lipinski definition) is 2. The van der Waals surface area contributed by atoms with Gasteiger partial charge < -0.3 is 0 Å². The predicted molar refractivity (Wildman–Crippen MR) is 62.4 cm³/mol. The fraction of sp³-hybridized carbons (Fsp3) is 0.167. The van der Waals surface area contributed by atoms with Crippen LogP contribution < -0.4 is 11.2 Å². The zero-order valence-corrected chi connectivity index (χ0v) is 9.78. The monoisotopic (exact) mass is 270 g/mol. The second-order valence-corrected chi connectivity index (χ2v) is 3.99. The minimum absolute atomic E-state index is 0.248. The quantitative estimate of drug-likeness (QED) is 0.859. The van der Waals surface area contributed by atoms with E-state index in [2.05, 4.69) is 4.98 Å². The number of nitrogens with zero attached hydrogens (tertiary/aromatic N) is 1. The van der Waals surface area contributed by atoms with Crippen molar-refractivity contribution in [2.24, 2.45) is 0 Å². The molecule has 2 aromatic rings. The van der Waals surface area contributed by atoms with Crippen molar-refractivity contribution in [2.45, 2.75) is 13.1 Å². The van der Waals surface area contributed by atoms with Crippen molar-refractivity contribution < 1.29 is 13.2 Å². The molecule has 0 fully saturated rings. The Hall–Kier alpha value is -2.31. The molecule has 0 unspecified atom stereocenters. The number of nitrogens with one attached hydrogen (secondary N) is 1. The number of alkyl halides is 3. The van der Waals surface area contributed by atoms with Crippen LogP contribution in [0.5, 0.6) is 0 Å². The molecule has 0 bridgehead atoms. The first kappa shape index (κ1) is 13.1. The molecule has 0 atom stereocenters. The number of aryl methyl sites for hydroxylation is 1. The van der Waals surface area contributed by atoms with Gasteiger partial charge in [0.1, 0.15) is 0 Å². The Kier molecular flexibility index (Phi) is 3.05. The van der Waals surface area contributed by atoms with E-state index < -0.39 is 23.0 Å². The number of halogens is 3. The van der Waals surface area contributed by atoms with Crippen LogP contribution in [0.3, 0.4) is 0 Å². The highest BCUT2D eigenvalue weighted by molar-refractivity contribution is 5.35. The van der Waals surface area contributed by atoms with E-state index >= 15 is 0 Å². The molecule has 0 aliphatic heterocycles. The summed E-state index contributed by atoms with van der Waals surface area (Å²) in [6, 6.07) is 4.09. The summed E-state index contributed by atoms with van der Waals surface area (Å²) in [5, 5.41) is 0. The second-order valence-electron chi connectivity index (χ2n) is 3.99. The molecule has 100 valence electrons. The second kappa shape index (κ2) is 4.42. The molecule has 0 saturated carbocycles. The van der Waals surface area contributed by atoms with Crippen molar-refractivity contribution in [3.05, 3.63) is 62.4 Å². The van der Waals surface area contributed by atoms with Crippen molar-refractivity contribution in [3.63, 3.8) is 0 Å². The summed E-state index contributed by atoms with van der Waals surface area (Å²) in [5.41, 5.74) is -1.48. The van der Waals surface area contributed by atoms with Gasteiger partial charge in [-0.05, 0) is 31.2 Å². The molecular weight excluding hydrogens is 261 g/mol. The van der Waals surface area contributed by atoms with Gasteiger partial charge in [-0.1, -0.05) is 0 Å². The summed E-state index contributed by atoms with van der Waals surface area (Å²) in [6.45, 7) is 1.50. The van der Waals surface area contributed by atoms with E-state index in [4.69, 9.17) is 0 Å². The summed E-state index contributed by atoms with van der Waals surface area (Å²) in [7, 11) is 0. The Bertz CT molecular complexity index is 711. The average Bonchev–Trinajstić information content (AvgIpc) is 2.33. The van der Waals surface area contributed by atoms with Gasteiger partial charge in [0.2, 0.25) is 0 Å². The van der Waals surface area contributed by atoms with Gasteiger partial charge in [0.25, 0.3) is 5.56 Å². The van der Waals surface area contributed by atoms with Crippen LogP contribution in [0.2, 0.25) is 0 Å². The van der Waals surface area contributed by atoms with E-state index in [1.54, 1.807) is 0 Å². The molecular formula is C12H9F3N2O2.